The summed E-state index contributed by atoms with van der Waals surface area (Å²) in [5, 5.41) is 4.68. The van der Waals surface area contributed by atoms with E-state index < -0.39 is 24.2 Å². The summed E-state index contributed by atoms with van der Waals surface area (Å²) < 4.78 is 45.7. The number of nitrogens with one attached hydrogen (secondary N) is 2. The molecule has 32 heavy (non-hydrogen) atoms. The number of aryl methyl sites for hydroxylation is 1. The molecule has 0 radical (unpaired) electrons. The highest BCUT2D eigenvalue weighted by Crippen LogP contribution is 2.37. The molecule has 0 bridgehead atoms. The summed E-state index contributed by atoms with van der Waals surface area (Å²) in [7, 11) is 0. The van der Waals surface area contributed by atoms with Crippen LogP contribution in [0.2, 0.25) is 5.02 Å². The standard InChI is InChI=1S/C22H17ClF3N3O3/c1-13-11-15(28-21(31)29-19(30)16-9-5-6-10-17(16)23)12-27-20(13)32-18(22(24,25)26)14-7-3-2-4-8-14/h2-12,18H,1H3,(H2,28,29,30,31). The highest BCUT2D eigenvalue weighted by Gasteiger charge is 2.43. The maximum Gasteiger partial charge on any atom is 0.429 e. The van der Waals surface area contributed by atoms with Crippen LogP contribution in [0.5, 0.6) is 5.88 Å². The van der Waals surface area contributed by atoms with E-state index in [9.17, 15) is 22.8 Å². The Balaban J connectivity index is 1.70. The van der Waals surface area contributed by atoms with Gasteiger partial charge in [0, 0.05) is 11.1 Å². The van der Waals surface area contributed by atoms with Crippen LogP contribution < -0.4 is 15.4 Å². The monoisotopic (exact) mass is 463 g/mol. The summed E-state index contributed by atoms with van der Waals surface area (Å²) in [5.74, 6) is -0.956. The van der Waals surface area contributed by atoms with Crippen LogP contribution in [-0.2, 0) is 0 Å². The molecule has 0 saturated carbocycles. The number of imide groups is 1. The summed E-state index contributed by atoms with van der Waals surface area (Å²) in [6.45, 7) is 1.48. The summed E-state index contributed by atoms with van der Waals surface area (Å²) in [5.41, 5.74) is 0.454. The minimum absolute atomic E-state index is 0.0686. The van der Waals surface area contributed by atoms with Crippen LogP contribution in [0.4, 0.5) is 23.7 Å². The van der Waals surface area contributed by atoms with E-state index in [1.54, 1.807) is 18.2 Å². The van der Waals surface area contributed by atoms with Crippen molar-refractivity contribution in [1.82, 2.24) is 10.3 Å². The zero-order valence-electron chi connectivity index (χ0n) is 16.6. The molecule has 0 aliphatic carbocycles. The number of pyridine rings is 1. The summed E-state index contributed by atoms with van der Waals surface area (Å²) >= 11 is 5.92. The van der Waals surface area contributed by atoms with E-state index in [0.29, 0.717) is 0 Å². The third-order valence-corrected chi connectivity index (χ3v) is 4.59. The van der Waals surface area contributed by atoms with Crippen molar-refractivity contribution in [2.45, 2.75) is 19.2 Å². The second-order valence-corrected chi connectivity index (χ2v) is 7.09. The van der Waals surface area contributed by atoms with Gasteiger partial charge < -0.3 is 10.1 Å². The number of hydrogen-bond acceptors (Lipinski definition) is 4. The van der Waals surface area contributed by atoms with Gasteiger partial charge in [-0.15, -0.1) is 0 Å². The van der Waals surface area contributed by atoms with Crippen LogP contribution in [0.25, 0.3) is 0 Å². The number of halogens is 4. The Hall–Kier alpha value is -3.59. The quantitative estimate of drug-likeness (QED) is 0.509. The van der Waals surface area contributed by atoms with Crippen molar-refractivity contribution in [3.05, 3.63) is 88.6 Å². The first-order valence-corrected chi connectivity index (χ1v) is 9.65. The van der Waals surface area contributed by atoms with Gasteiger partial charge in [0.25, 0.3) is 5.91 Å². The lowest BCUT2D eigenvalue weighted by atomic mass is 10.1. The van der Waals surface area contributed by atoms with Crippen LogP contribution >= 0.6 is 11.6 Å². The first-order valence-electron chi connectivity index (χ1n) is 9.27. The Kier molecular flexibility index (Phi) is 6.99. The minimum Gasteiger partial charge on any atom is -0.460 e. The number of hydrogen-bond donors (Lipinski definition) is 2. The first-order chi connectivity index (χ1) is 15.1. The van der Waals surface area contributed by atoms with Gasteiger partial charge in [0.1, 0.15) is 0 Å². The molecule has 166 valence electrons. The number of amides is 3. The summed E-state index contributed by atoms with van der Waals surface area (Å²) in [4.78, 5) is 28.1. The van der Waals surface area contributed by atoms with Gasteiger partial charge in [0.2, 0.25) is 12.0 Å². The summed E-state index contributed by atoms with van der Waals surface area (Å²) in [6, 6.07) is 13.9. The molecule has 0 aliphatic heterocycles. The Labute approximate surface area is 186 Å². The normalized spacial score (nSPS) is 12.0. The number of rotatable bonds is 5. The van der Waals surface area contributed by atoms with Crippen molar-refractivity contribution in [1.29, 1.82) is 0 Å². The van der Waals surface area contributed by atoms with E-state index in [1.807, 2.05) is 0 Å². The van der Waals surface area contributed by atoms with Gasteiger partial charge in [-0.05, 0) is 25.1 Å². The number of nitrogens with zero attached hydrogens (tertiary/aromatic N) is 1. The summed E-state index contributed by atoms with van der Waals surface area (Å²) in [6.07, 6.45) is -5.74. The van der Waals surface area contributed by atoms with Crippen molar-refractivity contribution in [3.8, 4) is 5.88 Å². The fourth-order valence-corrected chi connectivity index (χ4v) is 3.02. The van der Waals surface area contributed by atoms with Crippen LogP contribution in [0.3, 0.4) is 0 Å². The molecule has 2 aromatic carbocycles. The molecule has 3 amide bonds. The minimum atomic E-state index is -4.66. The molecule has 0 saturated heterocycles. The van der Waals surface area contributed by atoms with Gasteiger partial charge >= 0.3 is 12.2 Å². The number of urea groups is 1. The van der Waals surface area contributed by atoms with Crippen LogP contribution in [-0.4, -0.2) is 23.1 Å². The molecular formula is C22H17ClF3N3O3. The molecule has 0 fully saturated rings. The number of carbonyl (C=O) groups excluding carboxylic acids is 2. The first kappa shape index (κ1) is 23.1. The largest absolute Gasteiger partial charge is 0.460 e. The number of benzene rings is 2. The van der Waals surface area contributed by atoms with E-state index in [0.717, 1.165) is 6.20 Å². The van der Waals surface area contributed by atoms with E-state index in [2.05, 4.69) is 15.6 Å². The predicted molar refractivity (Wildman–Crippen MR) is 113 cm³/mol. The number of ether oxygens (including phenoxy) is 1. The van der Waals surface area contributed by atoms with Gasteiger partial charge in [0.15, 0.2) is 0 Å². The molecule has 10 heteroatoms. The number of carbonyl (C=O) groups is 2. The zero-order chi connectivity index (χ0) is 23.3. The molecule has 1 aromatic heterocycles. The molecular weight excluding hydrogens is 447 g/mol. The third-order valence-electron chi connectivity index (χ3n) is 4.26. The average molecular weight is 464 g/mol. The van der Waals surface area contributed by atoms with Crippen molar-refractivity contribution >= 4 is 29.2 Å². The lowest BCUT2D eigenvalue weighted by molar-refractivity contribution is -0.198. The van der Waals surface area contributed by atoms with Crippen LogP contribution in [0.15, 0.2) is 66.9 Å². The van der Waals surface area contributed by atoms with Crippen LogP contribution in [0, 0.1) is 6.92 Å². The fourth-order valence-electron chi connectivity index (χ4n) is 2.80. The zero-order valence-corrected chi connectivity index (χ0v) is 17.4. The van der Waals surface area contributed by atoms with Crippen molar-refractivity contribution < 1.29 is 27.5 Å². The molecule has 1 atom stereocenters. The maximum absolute atomic E-state index is 13.5. The Morgan fingerprint density at radius 1 is 1.06 bits per heavy atom. The van der Waals surface area contributed by atoms with E-state index in [1.165, 1.54) is 49.4 Å². The number of aromatic nitrogens is 1. The number of anilines is 1. The van der Waals surface area contributed by atoms with Crippen molar-refractivity contribution in [2.24, 2.45) is 0 Å². The average Bonchev–Trinajstić information content (AvgIpc) is 2.73. The highest BCUT2D eigenvalue weighted by molar-refractivity contribution is 6.34. The molecule has 2 N–H and O–H groups in total. The topological polar surface area (TPSA) is 80.3 Å². The van der Waals surface area contributed by atoms with Gasteiger partial charge in [-0.3, -0.25) is 10.1 Å². The second kappa shape index (κ2) is 9.69. The Morgan fingerprint density at radius 3 is 2.34 bits per heavy atom. The smallest absolute Gasteiger partial charge is 0.429 e. The van der Waals surface area contributed by atoms with Gasteiger partial charge in [-0.2, -0.15) is 13.2 Å². The second-order valence-electron chi connectivity index (χ2n) is 6.68. The van der Waals surface area contributed by atoms with Gasteiger partial charge in [-0.25, -0.2) is 9.78 Å². The number of alkyl halides is 3. The fraction of sp³-hybridized carbons (Fsp3) is 0.136. The van der Waals surface area contributed by atoms with Crippen LogP contribution in [0.1, 0.15) is 27.6 Å². The molecule has 6 nitrogen and oxygen atoms in total. The van der Waals surface area contributed by atoms with E-state index in [-0.39, 0.29) is 33.3 Å². The molecule has 1 unspecified atom stereocenters. The molecule has 0 aliphatic rings. The molecule has 0 spiro atoms. The maximum atomic E-state index is 13.5. The highest BCUT2D eigenvalue weighted by atomic mass is 35.5. The molecule has 1 heterocycles. The van der Waals surface area contributed by atoms with Gasteiger partial charge in [-0.1, -0.05) is 54.1 Å². The SMILES string of the molecule is Cc1cc(NC(=O)NC(=O)c2ccccc2Cl)cnc1OC(c1ccccc1)C(F)(F)F. The Bertz CT molecular complexity index is 1120. The molecule has 3 aromatic rings. The van der Waals surface area contributed by atoms with Gasteiger partial charge in [0.05, 0.1) is 22.5 Å². The molecule has 3 rings (SSSR count). The lowest BCUT2D eigenvalue weighted by Gasteiger charge is -2.22. The van der Waals surface area contributed by atoms with E-state index >= 15 is 0 Å². The van der Waals surface area contributed by atoms with Crippen molar-refractivity contribution in [2.75, 3.05) is 5.32 Å². The predicted octanol–water partition coefficient (Wildman–Crippen LogP) is 5.69. The lowest BCUT2D eigenvalue weighted by Crippen LogP contribution is -2.34. The van der Waals surface area contributed by atoms with E-state index in [4.69, 9.17) is 16.3 Å². The third kappa shape index (κ3) is 5.76. The Morgan fingerprint density at radius 2 is 1.72 bits per heavy atom. The van der Waals surface area contributed by atoms with Crippen molar-refractivity contribution in [3.63, 3.8) is 0 Å².